The Morgan fingerprint density at radius 1 is 1.13 bits per heavy atom. The number of nitro benzene ring substituents is 1. The molecule has 1 atom stereocenters. The molecule has 1 N–H and O–H groups in total. The minimum absolute atomic E-state index is 0.00124. The maximum atomic E-state index is 12.4. The van der Waals surface area contributed by atoms with Crippen LogP contribution in [0.4, 0.5) is 5.69 Å². The lowest BCUT2D eigenvalue weighted by atomic mass is 10.1. The van der Waals surface area contributed by atoms with Crippen molar-refractivity contribution in [3.63, 3.8) is 0 Å². The van der Waals surface area contributed by atoms with Crippen LogP contribution in [-0.4, -0.2) is 13.3 Å². The Balaban J connectivity index is 2.24. The maximum absolute atomic E-state index is 12.4. The summed E-state index contributed by atoms with van der Waals surface area (Å²) in [5, 5.41) is 10.6. The molecule has 0 bridgehead atoms. The second kappa shape index (κ2) is 7.20. The van der Waals surface area contributed by atoms with Crippen molar-refractivity contribution in [2.45, 2.75) is 24.3 Å². The first kappa shape index (κ1) is 17.6. The molecule has 0 saturated heterocycles. The van der Waals surface area contributed by atoms with Crippen LogP contribution in [0.3, 0.4) is 0 Å². The summed E-state index contributed by atoms with van der Waals surface area (Å²) in [7, 11) is -3.76. The molecule has 0 fully saturated rings. The molecule has 6 nitrogen and oxygen atoms in total. The molecule has 0 saturated carbocycles. The number of hydrogen-bond donors (Lipinski definition) is 1. The van der Waals surface area contributed by atoms with E-state index in [-0.39, 0.29) is 16.6 Å². The number of nitro groups is 1. The highest BCUT2D eigenvalue weighted by atomic mass is 79.9. The van der Waals surface area contributed by atoms with Crippen LogP contribution in [0.15, 0.2) is 57.9 Å². The Morgan fingerprint density at radius 3 is 2.17 bits per heavy atom. The zero-order valence-electron chi connectivity index (χ0n) is 12.3. The van der Waals surface area contributed by atoms with E-state index in [0.29, 0.717) is 6.42 Å². The summed E-state index contributed by atoms with van der Waals surface area (Å²) >= 11 is 3.34. The molecular weight excluding hydrogens is 384 g/mol. The van der Waals surface area contributed by atoms with Gasteiger partial charge in [0.05, 0.1) is 9.82 Å². The van der Waals surface area contributed by atoms with E-state index in [0.717, 1.165) is 10.0 Å². The Labute approximate surface area is 142 Å². The number of nitrogens with zero attached hydrogens (tertiary/aromatic N) is 1. The molecule has 2 rings (SSSR count). The number of non-ortho nitro benzene ring substituents is 1. The second-order valence-electron chi connectivity index (χ2n) is 4.88. The van der Waals surface area contributed by atoms with Crippen LogP contribution in [-0.2, 0) is 10.0 Å². The quantitative estimate of drug-likeness (QED) is 0.591. The lowest BCUT2D eigenvalue weighted by molar-refractivity contribution is -0.384. The molecule has 0 amide bonds. The lowest BCUT2D eigenvalue weighted by Gasteiger charge is -2.17. The van der Waals surface area contributed by atoms with Crippen LogP contribution in [0.1, 0.15) is 24.9 Å². The first-order chi connectivity index (χ1) is 10.8. The Bertz CT molecular complexity index is 789. The molecule has 0 aromatic heterocycles. The lowest BCUT2D eigenvalue weighted by Crippen LogP contribution is -2.28. The largest absolute Gasteiger partial charge is 0.269 e. The number of sulfonamides is 1. The second-order valence-corrected chi connectivity index (χ2v) is 7.51. The van der Waals surface area contributed by atoms with Crippen molar-refractivity contribution in [3.05, 3.63) is 68.7 Å². The van der Waals surface area contributed by atoms with E-state index in [9.17, 15) is 18.5 Å². The fourth-order valence-corrected chi connectivity index (χ4v) is 3.66. The van der Waals surface area contributed by atoms with E-state index < -0.39 is 14.9 Å². The third-order valence-electron chi connectivity index (χ3n) is 3.34. The van der Waals surface area contributed by atoms with E-state index in [1.807, 2.05) is 31.2 Å². The molecule has 23 heavy (non-hydrogen) atoms. The summed E-state index contributed by atoms with van der Waals surface area (Å²) in [6.45, 7) is 1.88. The van der Waals surface area contributed by atoms with Gasteiger partial charge in [-0.15, -0.1) is 0 Å². The van der Waals surface area contributed by atoms with E-state index in [1.54, 1.807) is 0 Å². The van der Waals surface area contributed by atoms with Gasteiger partial charge < -0.3 is 0 Å². The molecule has 0 spiro atoms. The summed E-state index contributed by atoms with van der Waals surface area (Å²) in [5.41, 5.74) is 0.699. The molecule has 0 aliphatic rings. The van der Waals surface area contributed by atoms with Gasteiger partial charge >= 0.3 is 0 Å². The summed E-state index contributed by atoms with van der Waals surface area (Å²) in [4.78, 5) is 10.1. The van der Waals surface area contributed by atoms with Gasteiger partial charge in [-0.3, -0.25) is 10.1 Å². The third-order valence-corrected chi connectivity index (χ3v) is 5.35. The van der Waals surface area contributed by atoms with Crippen molar-refractivity contribution in [2.24, 2.45) is 0 Å². The minimum atomic E-state index is -3.76. The molecule has 0 aliphatic carbocycles. The summed E-state index contributed by atoms with van der Waals surface area (Å²) < 4.78 is 28.4. The van der Waals surface area contributed by atoms with Crippen molar-refractivity contribution >= 4 is 31.6 Å². The third kappa shape index (κ3) is 4.37. The highest BCUT2D eigenvalue weighted by molar-refractivity contribution is 9.10. The van der Waals surface area contributed by atoms with Crippen LogP contribution >= 0.6 is 15.9 Å². The predicted octanol–water partition coefficient (Wildman–Crippen LogP) is 3.79. The van der Waals surface area contributed by atoms with E-state index in [2.05, 4.69) is 20.7 Å². The molecule has 0 radical (unpaired) electrons. The number of rotatable bonds is 6. The van der Waals surface area contributed by atoms with Gasteiger partial charge in [-0.2, -0.15) is 0 Å². The normalized spacial score (nSPS) is 12.8. The van der Waals surface area contributed by atoms with Gasteiger partial charge in [0.1, 0.15) is 0 Å². The van der Waals surface area contributed by atoms with Crippen LogP contribution in [0.2, 0.25) is 0 Å². The van der Waals surface area contributed by atoms with Gasteiger partial charge in [0.15, 0.2) is 0 Å². The monoisotopic (exact) mass is 398 g/mol. The van der Waals surface area contributed by atoms with E-state index in [4.69, 9.17) is 0 Å². The Kier molecular flexibility index (Phi) is 5.51. The molecular formula is C15H15BrN2O4S. The number of benzene rings is 2. The summed E-state index contributed by atoms with van der Waals surface area (Å²) in [5.74, 6) is 0. The Morgan fingerprint density at radius 2 is 1.70 bits per heavy atom. The Hall–Kier alpha value is -1.77. The van der Waals surface area contributed by atoms with E-state index >= 15 is 0 Å². The highest BCUT2D eigenvalue weighted by Crippen LogP contribution is 2.23. The average molecular weight is 399 g/mol. The first-order valence-corrected chi connectivity index (χ1v) is 9.13. The smallest absolute Gasteiger partial charge is 0.258 e. The molecule has 0 aliphatic heterocycles. The number of hydrogen-bond acceptors (Lipinski definition) is 4. The minimum Gasteiger partial charge on any atom is -0.258 e. The standard InChI is InChI=1S/C15H15BrN2O4S/c1-2-15(11-3-5-12(16)6-4-11)17-23(21,22)14-9-7-13(8-10-14)18(19)20/h3-10,15,17H,2H2,1H3. The SMILES string of the molecule is CCC(NS(=O)(=O)c1ccc([N+](=O)[O-])cc1)c1ccc(Br)cc1. The van der Waals surface area contributed by atoms with Crippen molar-refractivity contribution in [1.82, 2.24) is 4.72 Å². The molecule has 122 valence electrons. The van der Waals surface area contributed by atoms with Gasteiger partial charge in [-0.05, 0) is 36.2 Å². The van der Waals surface area contributed by atoms with Crippen LogP contribution in [0.5, 0.6) is 0 Å². The van der Waals surface area contributed by atoms with Gasteiger partial charge in [0, 0.05) is 22.6 Å². The van der Waals surface area contributed by atoms with Crippen molar-refractivity contribution in [1.29, 1.82) is 0 Å². The highest BCUT2D eigenvalue weighted by Gasteiger charge is 2.21. The molecule has 0 heterocycles. The van der Waals surface area contributed by atoms with Crippen molar-refractivity contribution in [3.8, 4) is 0 Å². The maximum Gasteiger partial charge on any atom is 0.269 e. The fraction of sp³-hybridized carbons (Fsp3) is 0.200. The molecule has 1 unspecified atom stereocenters. The van der Waals surface area contributed by atoms with Crippen LogP contribution < -0.4 is 4.72 Å². The number of nitrogens with one attached hydrogen (secondary N) is 1. The van der Waals surface area contributed by atoms with Gasteiger partial charge in [-0.1, -0.05) is 35.0 Å². The zero-order chi connectivity index (χ0) is 17.0. The first-order valence-electron chi connectivity index (χ1n) is 6.85. The van der Waals surface area contributed by atoms with Crippen LogP contribution in [0.25, 0.3) is 0 Å². The topological polar surface area (TPSA) is 89.3 Å². The average Bonchev–Trinajstić information content (AvgIpc) is 2.53. The van der Waals surface area contributed by atoms with Crippen molar-refractivity contribution in [2.75, 3.05) is 0 Å². The van der Waals surface area contributed by atoms with Gasteiger partial charge in [-0.25, -0.2) is 13.1 Å². The van der Waals surface area contributed by atoms with Crippen molar-refractivity contribution < 1.29 is 13.3 Å². The van der Waals surface area contributed by atoms with Gasteiger partial charge in [0.2, 0.25) is 10.0 Å². The molecule has 2 aromatic rings. The fourth-order valence-electron chi connectivity index (χ4n) is 2.08. The summed E-state index contributed by atoms with van der Waals surface area (Å²) in [6, 6.07) is 11.8. The van der Waals surface area contributed by atoms with Crippen LogP contribution in [0, 0.1) is 10.1 Å². The zero-order valence-corrected chi connectivity index (χ0v) is 14.7. The van der Waals surface area contributed by atoms with Gasteiger partial charge in [0.25, 0.3) is 5.69 Å². The predicted molar refractivity (Wildman–Crippen MR) is 90.6 cm³/mol. The van der Waals surface area contributed by atoms with E-state index in [1.165, 1.54) is 24.3 Å². The summed E-state index contributed by atoms with van der Waals surface area (Å²) in [6.07, 6.45) is 0.577. The molecule has 8 heteroatoms. The number of halogens is 1. The molecule has 2 aromatic carbocycles.